The number of allylic oxidation sites excluding steroid dienone is 1. The number of carbonyl (C=O) groups is 2. The van der Waals surface area contributed by atoms with E-state index < -0.39 is 0 Å². The van der Waals surface area contributed by atoms with Gasteiger partial charge in [0, 0.05) is 18.8 Å². The fourth-order valence-electron chi connectivity index (χ4n) is 6.90. The van der Waals surface area contributed by atoms with Crippen molar-refractivity contribution < 1.29 is 19.1 Å². The number of ether oxygens (including phenoxy) is 2. The normalized spacial score (nSPS) is 51.7. The first-order chi connectivity index (χ1) is 11.5. The maximum Gasteiger partial charge on any atom is 0.302 e. The maximum atomic E-state index is 11.8. The van der Waals surface area contributed by atoms with Crippen LogP contribution in [0.4, 0.5) is 0 Å². The standard InChI is InChI=1S/C20H26O4/c1-10(21)23-16-8-7-15-14-5-3-11-9-12(22)4-6-13(11)17(14)18-19(24-18)20(15,16)2/h9,13-19H,3-8H2,1-2H3/t13-,14-,15-,16-,17+,18-,19-,20-/m0/s1. The first kappa shape index (κ1) is 15.1. The van der Waals surface area contributed by atoms with Gasteiger partial charge in [0.05, 0.1) is 12.2 Å². The molecule has 24 heavy (non-hydrogen) atoms. The van der Waals surface area contributed by atoms with E-state index >= 15 is 0 Å². The van der Waals surface area contributed by atoms with Crippen molar-refractivity contribution in [3.8, 4) is 0 Å². The quantitative estimate of drug-likeness (QED) is 0.548. The van der Waals surface area contributed by atoms with Crippen molar-refractivity contribution in [3.05, 3.63) is 11.6 Å². The van der Waals surface area contributed by atoms with Crippen molar-refractivity contribution in [2.45, 2.75) is 70.7 Å². The Hall–Kier alpha value is -1.16. The zero-order chi connectivity index (χ0) is 16.6. The number of rotatable bonds is 1. The van der Waals surface area contributed by atoms with Gasteiger partial charge in [-0.05, 0) is 61.9 Å². The summed E-state index contributed by atoms with van der Waals surface area (Å²) < 4.78 is 12.0. The van der Waals surface area contributed by atoms with Crippen LogP contribution in [0.15, 0.2) is 11.6 Å². The lowest BCUT2D eigenvalue weighted by atomic mass is 9.52. The number of fused-ring (bicyclic) bond motifs is 8. The van der Waals surface area contributed by atoms with Crippen LogP contribution in [0.3, 0.4) is 0 Å². The van der Waals surface area contributed by atoms with Gasteiger partial charge in [0.2, 0.25) is 0 Å². The highest BCUT2D eigenvalue weighted by Crippen LogP contribution is 2.68. The lowest BCUT2D eigenvalue weighted by Crippen LogP contribution is -2.53. The Labute approximate surface area is 143 Å². The second-order valence-corrected chi connectivity index (χ2v) is 8.78. The molecular formula is C20H26O4. The molecule has 1 heterocycles. The highest BCUT2D eigenvalue weighted by molar-refractivity contribution is 5.91. The topological polar surface area (TPSA) is 55.9 Å². The summed E-state index contributed by atoms with van der Waals surface area (Å²) in [6.45, 7) is 3.82. The van der Waals surface area contributed by atoms with Crippen LogP contribution in [-0.2, 0) is 19.1 Å². The minimum atomic E-state index is -0.166. The Kier molecular flexibility index (Phi) is 3.11. The van der Waals surface area contributed by atoms with Gasteiger partial charge in [0.1, 0.15) is 6.10 Å². The maximum absolute atomic E-state index is 11.8. The highest BCUT2D eigenvalue weighted by atomic mass is 16.6. The van der Waals surface area contributed by atoms with E-state index in [-0.39, 0.29) is 23.6 Å². The molecule has 0 amide bonds. The van der Waals surface area contributed by atoms with E-state index in [1.165, 1.54) is 18.9 Å². The van der Waals surface area contributed by atoms with Crippen LogP contribution in [0.2, 0.25) is 0 Å². The molecule has 1 saturated heterocycles. The van der Waals surface area contributed by atoms with E-state index in [4.69, 9.17) is 9.47 Å². The summed E-state index contributed by atoms with van der Waals surface area (Å²) in [4.78, 5) is 23.3. The summed E-state index contributed by atoms with van der Waals surface area (Å²) in [5.74, 6) is 2.53. The average Bonchev–Trinajstić information content (AvgIpc) is 3.27. The third-order valence-electron chi connectivity index (χ3n) is 7.83. The summed E-state index contributed by atoms with van der Waals surface area (Å²) in [6, 6.07) is 0. The molecule has 4 nitrogen and oxygen atoms in total. The number of epoxide rings is 1. The number of hydrogen-bond donors (Lipinski definition) is 0. The zero-order valence-electron chi connectivity index (χ0n) is 14.5. The SMILES string of the molecule is CC(=O)O[C@H]1CC[C@H]2[C@@H]3CCC4=CC(=O)CC[C@@H]4[C@H]3[C@@H]3O[C@@H]3[C@]12C. The molecule has 0 N–H and O–H groups in total. The fourth-order valence-corrected chi connectivity index (χ4v) is 6.90. The van der Waals surface area contributed by atoms with Crippen molar-refractivity contribution in [1.82, 2.24) is 0 Å². The lowest BCUT2D eigenvalue weighted by molar-refractivity contribution is -0.155. The first-order valence-electron chi connectivity index (χ1n) is 9.56. The molecule has 0 unspecified atom stereocenters. The van der Waals surface area contributed by atoms with Crippen LogP contribution in [0.25, 0.3) is 0 Å². The minimum absolute atomic E-state index is 0.0107. The van der Waals surface area contributed by atoms with Crippen LogP contribution in [0, 0.1) is 29.1 Å². The van der Waals surface area contributed by atoms with E-state index in [1.54, 1.807) is 0 Å². The van der Waals surface area contributed by atoms with Gasteiger partial charge in [-0.2, -0.15) is 0 Å². The average molecular weight is 330 g/mol. The van der Waals surface area contributed by atoms with E-state index in [9.17, 15) is 9.59 Å². The lowest BCUT2D eigenvalue weighted by Gasteiger charge is -2.51. The number of hydrogen-bond acceptors (Lipinski definition) is 4. The summed E-state index contributed by atoms with van der Waals surface area (Å²) in [5, 5.41) is 0. The number of carbonyl (C=O) groups excluding carboxylic acids is 2. The zero-order valence-corrected chi connectivity index (χ0v) is 14.5. The third kappa shape index (κ3) is 1.89. The summed E-state index contributed by atoms with van der Waals surface area (Å²) >= 11 is 0. The number of esters is 1. The minimum Gasteiger partial charge on any atom is -0.462 e. The van der Waals surface area contributed by atoms with E-state index in [0.717, 1.165) is 25.7 Å². The highest BCUT2D eigenvalue weighted by Gasteiger charge is 2.72. The molecule has 3 saturated carbocycles. The molecular weight excluding hydrogens is 304 g/mol. The monoisotopic (exact) mass is 330 g/mol. The van der Waals surface area contributed by atoms with Crippen LogP contribution >= 0.6 is 0 Å². The Balaban J connectivity index is 1.47. The Morgan fingerprint density at radius 1 is 1.25 bits per heavy atom. The van der Waals surface area contributed by atoms with Crippen molar-refractivity contribution in [3.63, 3.8) is 0 Å². The van der Waals surface area contributed by atoms with Gasteiger partial charge >= 0.3 is 5.97 Å². The fraction of sp³-hybridized carbons (Fsp3) is 0.800. The molecule has 5 rings (SSSR count). The van der Waals surface area contributed by atoms with Gasteiger partial charge in [-0.1, -0.05) is 12.5 Å². The molecule has 4 heteroatoms. The van der Waals surface area contributed by atoms with Crippen molar-refractivity contribution >= 4 is 11.8 Å². The van der Waals surface area contributed by atoms with Crippen molar-refractivity contribution in [2.24, 2.45) is 29.1 Å². The van der Waals surface area contributed by atoms with Gasteiger partial charge in [0.25, 0.3) is 0 Å². The summed E-state index contributed by atoms with van der Waals surface area (Å²) in [5.41, 5.74) is 1.38. The molecule has 0 aromatic rings. The molecule has 0 bridgehead atoms. The first-order valence-corrected chi connectivity index (χ1v) is 9.56. The van der Waals surface area contributed by atoms with Gasteiger partial charge < -0.3 is 9.47 Å². The Bertz CT molecular complexity index is 638. The molecule has 0 aromatic carbocycles. The summed E-state index contributed by atoms with van der Waals surface area (Å²) in [7, 11) is 0. The second kappa shape index (κ2) is 4.94. The van der Waals surface area contributed by atoms with Gasteiger partial charge in [-0.15, -0.1) is 0 Å². The Morgan fingerprint density at radius 3 is 2.88 bits per heavy atom. The summed E-state index contributed by atoms with van der Waals surface area (Å²) in [6.07, 6.45) is 8.57. The van der Waals surface area contributed by atoms with Crippen molar-refractivity contribution in [2.75, 3.05) is 0 Å². The molecule has 0 aromatic heterocycles. The van der Waals surface area contributed by atoms with Crippen LogP contribution < -0.4 is 0 Å². The van der Waals surface area contributed by atoms with Crippen molar-refractivity contribution in [1.29, 1.82) is 0 Å². The predicted octanol–water partition coefficient (Wildman–Crippen LogP) is 3.05. The molecule has 8 atom stereocenters. The third-order valence-corrected chi connectivity index (χ3v) is 7.83. The van der Waals surface area contributed by atoms with Crippen LogP contribution in [0.5, 0.6) is 0 Å². The molecule has 4 fully saturated rings. The van der Waals surface area contributed by atoms with Gasteiger partial charge in [-0.25, -0.2) is 0 Å². The Morgan fingerprint density at radius 2 is 2.08 bits per heavy atom. The largest absolute Gasteiger partial charge is 0.462 e. The molecule has 5 aliphatic rings. The van der Waals surface area contributed by atoms with Crippen LogP contribution in [0.1, 0.15) is 52.4 Å². The molecule has 0 spiro atoms. The van der Waals surface area contributed by atoms with Gasteiger partial charge in [0.15, 0.2) is 5.78 Å². The van der Waals surface area contributed by atoms with Crippen LogP contribution in [-0.4, -0.2) is 30.1 Å². The number of ketones is 1. The molecule has 0 radical (unpaired) electrons. The molecule has 4 aliphatic carbocycles. The predicted molar refractivity (Wildman–Crippen MR) is 87.1 cm³/mol. The van der Waals surface area contributed by atoms with E-state index in [2.05, 4.69) is 6.92 Å². The van der Waals surface area contributed by atoms with E-state index in [1.807, 2.05) is 6.08 Å². The van der Waals surface area contributed by atoms with Gasteiger partial charge in [-0.3, -0.25) is 9.59 Å². The molecule has 130 valence electrons. The molecule has 1 aliphatic heterocycles. The second-order valence-electron chi connectivity index (χ2n) is 8.78. The smallest absolute Gasteiger partial charge is 0.302 e. The van der Waals surface area contributed by atoms with E-state index in [0.29, 0.717) is 42.0 Å².